The molecule has 1 aromatic carbocycles. The Morgan fingerprint density at radius 1 is 1.22 bits per heavy atom. The van der Waals surface area contributed by atoms with Crippen LogP contribution in [0.3, 0.4) is 0 Å². The maximum Gasteiger partial charge on any atom is 0.191 e. The lowest BCUT2D eigenvalue weighted by Gasteiger charge is -2.17. The number of thioether (sulfide) groups is 1. The average Bonchev–Trinajstić information content (AvgIpc) is 2.98. The molecule has 0 aliphatic carbocycles. The molecule has 0 saturated carbocycles. The monoisotopic (exact) mass is 335 g/mol. The number of benzene rings is 1. The minimum atomic E-state index is -0.559. The second kappa shape index (κ2) is 7.84. The Morgan fingerprint density at radius 2 is 1.91 bits per heavy atom. The van der Waals surface area contributed by atoms with Gasteiger partial charge < -0.3 is 14.4 Å². The van der Waals surface area contributed by atoms with Crippen LogP contribution in [0, 0.1) is 20.8 Å². The normalized spacial score (nSPS) is 12.7. The number of ether oxygens (including phenoxy) is 1. The first-order chi connectivity index (χ1) is 10.9. The minimum absolute atomic E-state index is 0.272. The van der Waals surface area contributed by atoms with Crippen LogP contribution >= 0.6 is 11.8 Å². The van der Waals surface area contributed by atoms with Gasteiger partial charge in [-0.3, -0.25) is 0 Å². The van der Waals surface area contributed by atoms with Gasteiger partial charge in [0.2, 0.25) is 0 Å². The number of aryl methyl sites for hydroxylation is 2. The predicted molar refractivity (Wildman–Crippen MR) is 93.3 cm³/mol. The van der Waals surface area contributed by atoms with Crippen LogP contribution in [0.4, 0.5) is 0 Å². The number of rotatable bonds is 7. The summed E-state index contributed by atoms with van der Waals surface area (Å²) in [6, 6.07) is 4.44. The van der Waals surface area contributed by atoms with Crippen molar-refractivity contribution < 1.29 is 9.84 Å². The molecule has 1 atom stereocenters. The highest BCUT2D eigenvalue weighted by molar-refractivity contribution is 7.99. The Kier molecular flexibility index (Phi) is 6.07. The van der Waals surface area contributed by atoms with E-state index in [0.29, 0.717) is 11.8 Å². The van der Waals surface area contributed by atoms with Crippen LogP contribution < -0.4 is 4.74 Å². The maximum absolute atomic E-state index is 10.2. The zero-order valence-corrected chi connectivity index (χ0v) is 15.2. The highest BCUT2D eigenvalue weighted by Gasteiger charge is 2.13. The van der Waals surface area contributed by atoms with E-state index in [-0.39, 0.29) is 6.61 Å². The van der Waals surface area contributed by atoms with Gasteiger partial charge in [-0.1, -0.05) is 23.9 Å². The number of hydrogen-bond donors (Lipinski definition) is 1. The second-order valence-corrected chi connectivity index (χ2v) is 7.03. The van der Waals surface area contributed by atoms with Gasteiger partial charge in [0, 0.05) is 11.8 Å². The fraction of sp³-hybridized carbons (Fsp3) is 0.529. The molecule has 1 aromatic heterocycles. The summed E-state index contributed by atoms with van der Waals surface area (Å²) in [5, 5.41) is 19.0. The molecular formula is C17H25N3O2S. The lowest BCUT2D eigenvalue weighted by atomic mass is 10.1. The van der Waals surface area contributed by atoms with Crippen LogP contribution in [0.25, 0.3) is 0 Å². The van der Waals surface area contributed by atoms with E-state index in [4.69, 9.17) is 4.74 Å². The van der Waals surface area contributed by atoms with Crippen molar-refractivity contribution >= 4 is 11.8 Å². The number of nitrogens with zero attached hydrogens (tertiary/aromatic N) is 3. The fourth-order valence-electron chi connectivity index (χ4n) is 2.24. The van der Waals surface area contributed by atoms with E-state index in [9.17, 15) is 5.11 Å². The van der Waals surface area contributed by atoms with Gasteiger partial charge >= 0.3 is 0 Å². The topological polar surface area (TPSA) is 60.2 Å². The van der Waals surface area contributed by atoms with Crippen molar-refractivity contribution in [1.29, 1.82) is 0 Å². The van der Waals surface area contributed by atoms with Crippen LogP contribution in [-0.2, 0) is 0 Å². The van der Waals surface area contributed by atoms with Gasteiger partial charge in [0.1, 0.15) is 18.7 Å². The summed E-state index contributed by atoms with van der Waals surface area (Å²) in [4.78, 5) is 0. The summed E-state index contributed by atoms with van der Waals surface area (Å²) < 4.78 is 7.84. The van der Waals surface area contributed by atoms with Gasteiger partial charge in [0.25, 0.3) is 0 Å². The van der Waals surface area contributed by atoms with Gasteiger partial charge in [-0.05, 0) is 51.3 Å². The molecule has 0 amide bonds. The summed E-state index contributed by atoms with van der Waals surface area (Å²) in [5.74, 6) is 1.40. The summed E-state index contributed by atoms with van der Waals surface area (Å²) in [7, 11) is 0. The van der Waals surface area contributed by atoms with E-state index in [1.165, 1.54) is 17.3 Å². The van der Waals surface area contributed by atoms with Gasteiger partial charge in [-0.25, -0.2) is 0 Å². The lowest BCUT2D eigenvalue weighted by Crippen LogP contribution is -2.21. The van der Waals surface area contributed by atoms with Crippen LogP contribution in [0.2, 0.25) is 0 Å². The standard InChI is InChI=1S/C17H25N3O2S/c1-11(2)20-10-18-19-17(20)23-9-15(21)8-22-16-13(4)7-6-12(3)14(16)5/h6-7,10-11,15,21H,8-9H2,1-5H3. The Hall–Kier alpha value is -1.53. The first kappa shape index (κ1) is 17.8. The highest BCUT2D eigenvalue weighted by atomic mass is 32.2. The van der Waals surface area contributed by atoms with Gasteiger partial charge in [0.05, 0.1) is 6.10 Å². The van der Waals surface area contributed by atoms with Gasteiger partial charge in [-0.15, -0.1) is 10.2 Å². The summed E-state index contributed by atoms with van der Waals surface area (Å²) in [5.41, 5.74) is 3.41. The van der Waals surface area contributed by atoms with Crippen LogP contribution in [0.15, 0.2) is 23.6 Å². The van der Waals surface area contributed by atoms with E-state index in [0.717, 1.165) is 22.0 Å². The first-order valence-corrected chi connectivity index (χ1v) is 8.78. The van der Waals surface area contributed by atoms with Gasteiger partial charge in [0.15, 0.2) is 5.16 Å². The Morgan fingerprint density at radius 3 is 2.61 bits per heavy atom. The fourth-order valence-corrected chi connectivity index (χ4v) is 3.19. The maximum atomic E-state index is 10.2. The third-order valence-electron chi connectivity index (χ3n) is 3.80. The zero-order chi connectivity index (χ0) is 17.0. The molecule has 0 aliphatic heterocycles. The third kappa shape index (κ3) is 4.48. The van der Waals surface area contributed by atoms with Crippen molar-refractivity contribution in [3.05, 3.63) is 35.2 Å². The van der Waals surface area contributed by atoms with E-state index in [1.807, 2.05) is 24.5 Å². The summed E-state index contributed by atoms with van der Waals surface area (Å²) >= 11 is 1.50. The lowest BCUT2D eigenvalue weighted by molar-refractivity contribution is 0.125. The molecule has 1 unspecified atom stereocenters. The molecule has 5 nitrogen and oxygen atoms in total. The molecule has 0 aliphatic rings. The molecule has 1 N–H and O–H groups in total. The van der Waals surface area contributed by atoms with Crippen LogP contribution in [-0.4, -0.2) is 38.3 Å². The second-order valence-electron chi connectivity index (χ2n) is 6.04. The van der Waals surface area contributed by atoms with Crippen molar-refractivity contribution in [3.63, 3.8) is 0 Å². The minimum Gasteiger partial charge on any atom is -0.490 e. The summed E-state index contributed by atoms with van der Waals surface area (Å²) in [6.07, 6.45) is 1.16. The molecule has 2 aromatic rings. The highest BCUT2D eigenvalue weighted by Crippen LogP contribution is 2.26. The molecule has 0 bridgehead atoms. The molecule has 23 heavy (non-hydrogen) atoms. The van der Waals surface area contributed by atoms with E-state index >= 15 is 0 Å². The number of aromatic nitrogens is 3. The van der Waals surface area contributed by atoms with E-state index in [1.54, 1.807) is 6.33 Å². The van der Waals surface area contributed by atoms with Crippen molar-refractivity contribution in [2.24, 2.45) is 0 Å². The average molecular weight is 335 g/mol. The van der Waals surface area contributed by atoms with Crippen molar-refractivity contribution in [1.82, 2.24) is 14.8 Å². The summed E-state index contributed by atoms with van der Waals surface area (Å²) in [6.45, 7) is 10.6. The molecule has 2 rings (SSSR count). The van der Waals surface area contributed by atoms with Crippen LogP contribution in [0.5, 0.6) is 5.75 Å². The van der Waals surface area contributed by atoms with Crippen molar-refractivity contribution in [2.75, 3.05) is 12.4 Å². The van der Waals surface area contributed by atoms with Crippen LogP contribution in [0.1, 0.15) is 36.6 Å². The Labute approximate surface area is 142 Å². The number of hydrogen-bond acceptors (Lipinski definition) is 5. The first-order valence-electron chi connectivity index (χ1n) is 7.80. The zero-order valence-electron chi connectivity index (χ0n) is 14.4. The molecule has 0 radical (unpaired) electrons. The molecule has 126 valence electrons. The number of aliphatic hydroxyl groups excluding tert-OH is 1. The predicted octanol–water partition coefficient (Wildman–Crippen LogP) is 3.32. The van der Waals surface area contributed by atoms with Crippen molar-refractivity contribution in [3.8, 4) is 5.75 Å². The van der Waals surface area contributed by atoms with E-state index in [2.05, 4.69) is 37.0 Å². The largest absolute Gasteiger partial charge is 0.490 e. The number of aliphatic hydroxyl groups is 1. The molecule has 6 heteroatoms. The Bertz CT molecular complexity index is 655. The third-order valence-corrected chi connectivity index (χ3v) is 4.90. The van der Waals surface area contributed by atoms with Crippen molar-refractivity contribution in [2.45, 2.75) is 51.9 Å². The molecule has 1 heterocycles. The molecule has 0 saturated heterocycles. The smallest absolute Gasteiger partial charge is 0.191 e. The quantitative estimate of drug-likeness (QED) is 0.787. The van der Waals surface area contributed by atoms with Gasteiger partial charge in [-0.2, -0.15) is 0 Å². The molecule has 0 fully saturated rings. The molecule has 0 spiro atoms. The van der Waals surface area contributed by atoms with E-state index < -0.39 is 6.10 Å². The Balaban J connectivity index is 1.90. The SMILES string of the molecule is Cc1ccc(C)c(OCC(O)CSc2nncn2C(C)C)c1C. The molecular weight excluding hydrogens is 310 g/mol.